The molecule has 0 unspecified atom stereocenters. The van der Waals surface area contributed by atoms with Gasteiger partial charge in [0.1, 0.15) is 0 Å². The number of unbranched alkanes of at least 4 members (excludes halogenated alkanes) is 3. The number of pyridine rings is 1. The van der Waals surface area contributed by atoms with E-state index in [1.807, 2.05) is 48.5 Å². The second-order valence-electron chi connectivity index (χ2n) is 8.42. The van der Waals surface area contributed by atoms with Crippen molar-refractivity contribution in [2.45, 2.75) is 39.0 Å². The molecule has 6 nitrogen and oxygen atoms in total. The number of aromatic nitrogens is 1. The van der Waals surface area contributed by atoms with E-state index in [2.05, 4.69) is 12.2 Å². The van der Waals surface area contributed by atoms with Crippen molar-refractivity contribution < 1.29 is 13.2 Å². The Kier molecular flexibility index (Phi) is 7.12. The van der Waals surface area contributed by atoms with Crippen LogP contribution in [0.15, 0.2) is 72.8 Å². The van der Waals surface area contributed by atoms with Crippen molar-refractivity contribution in [1.29, 1.82) is 0 Å². The molecule has 0 aliphatic heterocycles. The van der Waals surface area contributed by atoms with E-state index >= 15 is 0 Å². The van der Waals surface area contributed by atoms with Gasteiger partial charge < -0.3 is 5.32 Å². The van der Waals surface area contributed by atoms with Gasteiger partial charge in [-0.15, -0.1) is 0 Å². The van der Waals surface area contributed by atoms with Crippen molar-refractivity contribution in [2.75, 3.05) is 15.9 Å². The highest BCUT2D eigenvalue weighted by Crippen LogP contribution is 2.33. The summed E-state index contributed by atoms with van der Waals surface area (Å²) in [5.74, 6) is -0.398. The van der Waals surface area contributed by atoms with Gasteiger partial charge in [-0.1, -0.05) is 62.6 Å². The molecule has 0 bridgehead atoms. The number of anilines is 3. The quantitative estimate of drug-likeness (QED) is 0.224. The summed E-state index contributed by atoms with van der Waals surface area (Å²) >= 11 is 0. The van der Waals surface area contributed by atoms with Crippen LogP contribution in [0.4, 0.5) is 17.1 Å². The van der Waals surface area contributed by atoms with Gasteiger partial charge in [0.25, 0.3) is 0 Å². The maximum absolute atomic E-state index is 12.7. The summed E-state index contributed by atoms with van der Waals surface area (Å²) in [4.78, 5) is 17.5. The second kappa shape index (κ2) is 10.2. The summed E-state index contributed by atoms with van der Waals surface area (Å²) in [5, 5.41) is 5.46. The Labute approximate surface area is 200 Å². The first kappa shape index (κ1) is 23.7. The van der Waals surface area contributed by atoms with E-state index in [9.17, 15) is 13.2 Å². The van der Waals surface area contributed by atoms with Crippen LogP contribution in [0.5, 0.6) is 0 Å². The highest BCUT2D eigenvalue weighted by molar-refractivity contribution is 7.92. The number of rotatable bonds is 9. The van der Waals surface area contributed by atoms with Crippen LogP contribution >= 0.6 is 0 Å². The molecule has 34 heavy (non-hydrogen) atoms. The van der Waals surface area contributed by atoms with E-state index < -0.39 is 15.9 Å². The first-order valence-corrected chi connectivity index (χ1v) is 13.4. The Bertz CT molecular complexity index is 1360. The zero-order valence-electron chi connectivity index (χ0n) is 19.5. The number of benzene rings is 3. The fourth-order valence-electron chi connectivity index (χ4n) is 4.12. The van der Waals surface area contributed by atoms with Crippen LogP contribution < -0.4 is 9.62 Å². The zero-order chi connectivity index (χ0) is 24.1. The van der Waals surface area contributed by atoms with Gasteiger partial charge in [-0.2, -0.15) is 0 Å². The molecule has 7 heteroatoms. The van der Waals surface area contributed by atoms with E-state index in [1.54, 1.807) is 24.3 Å². The Morgan fingerprint density at radius 2 is 1.44 bits per heavy atom. The molecule has 4 rings (SSSR count). The third-order valence-corrected chi connectivity index (χ3v) is 6.84. The first-order chi connectivity index (χ1) is 16.4. The number of hydrogen-bond donors (Lipinski definition) is 1. The number of nitrogens with one attached hydrogen (secondary N) is 1. The molecule has 1 heterocycles. The van der Waals surface area contributed by atoms with Gasteiger partial charge in [-0.05, 0) is 42.8 Å². The fourth-order valence-corrected chi connectivity index (χ4v) is 5.09. The molecule has 176 valence electrons. The summed E-state index contributed by atoms with van der Waals surface area (Å²) in [5.41, 5.74) is 3.84. The SMILES string of the molecule is CCCCCCC(=O)N(c1ccc(Nc2c3ccccc3nc3ccccc23)cc1)S(C)(=O)=O. The van der Waals surface area contributed by atoms with Crippen LogP contribution in [-0.4, -0.2) is 25.6 Å². The molecule has 4 aromatic rings. The average Bonchev–Trinajstić information content (AvgIpc) is 2.82. The molecule has 0 aliphatic rings. The molecule has 0 saturated heterocycles. The average molecular weight is 476 g/mol. The number of carbonyl (C=O) groups is 1. The van der Waals surface area contributed by atoms with E-state index in [0.717, 1.165) is 63.0 Å². The standard InChI is InChI=1S/C27H29N3O3S/c1-3-4-5-6-15-26(31)30(34(2,32)33)21-18-16-20(17-19-21)28-27-22-11-7-9-13-24(22)29-25-14-10-8-12-23(25)27/h7-14,16-19H,3-6,15H2,1-2H3,(H,28,29). The lowest BCUT2D eigenvalue weighted by Gasteiger charge is -2.21. The maximum Gasteiger partial charge on any atom is 0.240 e. The number of amides is 1. The van der Waals surface area contributed by atoms with E-state index in [1.165, 1.54) is 0 Å². The molecular formula is C27H29N3O3S. The topological polar surface area (TPSA) is 79.4 Å². The molecule has 1 amide bonds. The van der Waals surface area contributed by atoms with Gasteiger partial charge in [0.2, 0.25) is 15.9 Å². The molecule has 0 radical (unpaired) electrons. The van der Waals surface area contributed by atoms with Crippen LogP contribution in [0.1, 0.15) is 39.0 Å². The van der Waals surface area contributed by atoms with Gasteiger partial charge in [-0.3, -0.25) is 4.79 Å². The predicted octanol–water partition coefficient (Wildman–Crippen LogP) is 6.39. The molecule has 0 spiro atoms. The lowest BCUT2D eigenvalue weighted by Crippen LogP contribution is -2.36. The molecule has 1 aromatic heterocycles. The van der Waals surface area contributed by atoms with E-state index in [0.29, 0.717) is 12.1 Å². The van der Waals surface area contributed by atoms with Gasteiger partial charge in [-0.25, -0.2) is 17.7 Å². The molecule has 3 aromatic carbocycles. The lowest BCUT2D eigenvalue weighted by molar-refractivity contribution is -0.117. The number of nitrogens with zero attached hydrogens (tertiary/aromatic N) is 2. The minimum atomic E-state index is -3.73. The smallest absolute Gasteiger partial charge is 0.240 e. The van der Waals surface area contributed by atoms with E-state index in [-0.39, 0.29) is 6.42 Å². The molecule has 0 atom stereocenters. The number of fused-ring (bicyclic) bond motifs is 2. The van der Waals surface area contributed by atoms with Crippen molar-refractivity contribution in [3.8, 4) is 0 Å². The van der Waals surface area contributed by atoms with Gasteiger partial charge in [0.05, 0.1) is 28.7 Å². The van der Waals surface area contributed by atoms with Gasteiger partial charge in [0, 0.05) is 22.9 Å². The highest BCUT2D eigenvalue weighted by atomic mass is 32.2. The predicted molar refractivity (Wildman–Crippen MR) is 140 cm³/mol. The summed E-state index contributed by atoms with van der Waals surface area (Å²) in [6.07, 6.45) is 4.96. The second-order valence-corrected chi connectivity index (χ2v) is 10.3. The normalized spacial score (nSPS) is 11.6. The summed E-state index contributed by atoms with van der Waals surface area (Å²) in [6.45, 7) is 2.10. The van der Waals surface area contributed by atoms with Crippen LogP contribution in [0.25, 0.3) is 21.8 Å². The number of hydrogen-bond acceptors (Lipinski definition) is 5. The van der Waals surface area contributed by atoms with Crippen LogP contribution in [0.2, 0.25) is 0 Å². The molecule has 0 saturated carbocycles. The van der Waals surface area contributed by atoms with Gasteiger partial charge >= 0.3 is 0 Å². The highest BCUT2D eigenvalue weighted by Gasteiger charge is 2.24. The maximum atomic E-state index is 12.7. The van der Waals surface area contributed by atoms with Crippen LogP contribution in [0, 0.1) is 0 Å². The minimum absolute atomic E-state index is 0.210. The third kappa shape index (κ3) is 5.20. The summed E-state index contributed by atoms with van der Waals surface area (Å²) < 4.78 is 25.7. The Morgan fingerprint density at radius 1 is 0.853 bits per heavy atom. The van der Waals surface area contributed by atoms with E-state index in [4.69, 9.17) is 4.98 Å². The Morgan fingerprint density at radius 3 is 2.00 bits per heavy atom. The largest absolute Gasteiger partial charge is 0.354 e. The minimum Gasteiger partial charge on any atom is -0.354 e. The van der Waals surface area contributed by atoms with Crippen molar-refractivity contribution >= 4 is 54.8 Å². The zero-order valence-corrected chi connectivity index (χ0v) is 20.3. The number of sulfonamides is 1. The van der Waals surface area contributed by atoms with Gasteiger partial charge in [0.15, 0.2) is 0 Å². The van der Waals surface area contributed by atoms with Crippen LogP contribution in [-0.2, 0) is 14.8 Å². The lowest BCUT2D eigenvalue weighted by atomic mass is 10.1. The number of carbonyl (C=O) groups excluding carboxylic acids is 1. The van der Waals surface area contributed by atoms with Crippen LogP contribution in [0.3, 0.4) is 0 Å². The Balaban J connectivity index is 1.63. The molecule has 0 fully saturated rings. The molecule has 1 N–H and O–H groups in total. The van der Waals surface area contributed by atoms with Crippen molar-refractivity contribution in [2.24, 2.45) is 0 Å². The third-order valence-electron chi connectivity index (χ3n) is 5.76. The van der Waals surface area contributed by atoms with Crippen molar-refractivity contribution in [3.05, 3.63) is 72.8 Å². The molecular weight excluding hydrogens is 446 g/mol. The first-order valence-electron chi connectivity index (χ1n) is 11.6. The fraction of sp³-hybridized carbons (Fsp3) is 0.259. The summed E-state index contributed by atoms with van der Waals surface area (Å²) in [7, 11) is -3.73. The molecule has 0 aliphatic carbocycles. The monoisotopic (exact) mass is 475 g/mol. The Hall–Kier alpha value is -3.45. The van der Waals surface area contributed by atoms with Crippen molar-refractivity contribution in [1.82, 2.24) is 4.98 Å². The number of para-hydroxylation sites is 2. The van der Waals surface area contributed by atoms with Crippen molar-refractivity contribution in [3.63, 3.8) is 0 Å². The summed E-state index contributed by atoms with van der Waals surface area (Å²) in [6, 6.07) is 22.8.